The van der Waals surface area contributed by atoms with Crippen LogP contribution in [0.1, 0.15) is 32.7 Å². The highest BCUT2D eigenvalue weighted by atomic mass is 16.5. The number of imide groups is 1. The van der Waals surface area contributed by atoms with Crippen molar-refractivity contribution in [3.63, 3.8) is 0 Å². The van der Waals surface area contributed by atoms with Crippen LogP contribution in [0.5, 0.6) is 5.75 Å². The molecule has 0 fully saturated rings. The first-order valence-corrected chi connectivity index (χ1v) is 9.50. The van der Waals surface area contributed by atoms with E-state index in [-0.39, 0.29) is 13.0 Å². The lowest BCUT2D eigenvalue weighted by Crippen LogP contribution is -2.33. The van der Waals surface area contributed by atoms with Crippen molar-refractivity contribution in [3.8, 4) is 5.75 Å². The van der Waals surface area contributed by atoms with Crippen molar-refractivity contribution in [1.29, 1.82) is 0 Å². The summed E-state index contributed by atoms with van der Waals surface area (Å²) in [5.74, 6) is -1.18. The molecule has 0 saturated heterocycles. The summed E-state index contributed by atoms with van der Waals surface area (Å²) in [6.45, 7) is -0.106. The average Bonchev–Trinajstić information content (AvgIpc) is 3.01. The van der Waals surface area contributed by atoms with Gasteiger partial charge in [-0.15, -0.1) is 0 Å². The Hall–Kier alpha value is -3.68. The Morgan fingerprint density at radius 2 is 1.60 bits per heavy atom. The van der Waals surface area contributed by atoms with Gasteiger partial charge in [-0.2, -0.15) is 0 Å². The van der Waals surface area contributed by atoms with Gasteiger partial charge in [0.05, 0.1) is 24.7 Å². The first kappa shape index (κ1) is 21.0. The molecule has 156 valence electrons. The number of nitrogens with zero attached hydrogens (tertiary/aromatic N) is 1. The van der Waals surface area contributed by atoms with Crippen molar-refractivity contribution >= 4 is 23.7 Å². The standard InChI is InChI=1S/C22H22N2O6/c1-29-16-8-6-15(7-9-16)10-12-23-19(25)14-30-20(26)11-13-24-21(27)17-4-2-3-5-18(17)22(24)28/h2-9H,10-14H2,1H3,(H,23,25). The molecule has 1 aliphatic heterocycles. The highest BCUT2D eigenvalue weighted by Gasteiger charge is 2.35. The van der Waals surface area contributed by atoms with Gasteiger partial charge < -0.3 is 14.8 Å². The molecule has 0 aliphatic carbocycles. The van der Waals surface area contributed by atoms with Crippen molar-refractivity contribution in [2.24, 2.45) is 0 Å². The molecular weight excluding hydrogens is 388 g/mol. The van der Waals surface area contributed by atoms with E-state index in [1.807, 2.05) is 24.3 Å². The van der Waals surface area contributed by atoms with Gasteiger partial charge in [0.1, 0.15) is 5.75 Å². The second-order valence-corrected chi connectivity index (χ2v) is 6.67. The minimum absolute atomic E-state index is 0.0930. The van der Waals surface area contributed by atoms with E-state index in [9.17, 15) is 19.2 Å². The third-order valence-electron chi connectivity index (χ3n) is 4.68. The Bertz CT molecular complexity index is 919. The van der Waals surface area contributed by atoms with Gasteiger partial charge in [-0.05, 0) is 36.2 Å². The lowest BCUT2D eigenvalue weighted by atomic mass is 10.1. The number of amides is 3. The van der Waals surface area contributed by atoms with E-state index >= 15 is 0 Å². The van der Waals surface area contributed by atoms with Gasteiger partial charge in [0, 0.05) is 13.1 Å². The molecule has 1 heterocycles. The number of rotatable bonds is 9. The van der Waals surface area contributed by atoms with E-state index in [0.717, 1.165) is 16.2 Å². The maximum Gasteiger partial charge on any atom is 0.308 e. The highest BCUT2D eigenvalue weighted by Crippen LogP contribution is 2.22. The lowest BCUT2D eigenvalue weighted by Gasteiger charge is -2.13. The Balaban J connectivity index is 1.35. The fourth-order valence-corrected chi connectivity index (χ4v) is 3.05. The Morgan fingerprint density at radius 1 is 0.967 bits per heavy atom. The third-order valence-corrected chi connectivity index (χ3v) is 4.68. The average molecular weight is 410 g/mol. The fraction of sp³-hybridized carbons (Fsp3) is 0.273. The summed E-state index contributed by atoms with van der Waals surface area (Å²) in [5.41, 5.74) is 1.69. The maximum absolute atomic E-state index is 12.2. The van der Waals surface area contributed by atoms with E-state index in [2.05, 4.69) is 5.32 Å². The number of fused-ring (bicyclic) bond motifs is 1. The zero-order valence-corrected chi connectivity index (χ0v) is 16.6. The molecule has 8 nitrogen and oxygen atoms in total. The molecule has 2 aromatic rings. The number of esters is 1. The van der Waals surface area contributed by atoms with Crippen molar-refractivity contribution in [2.45, 2.75) is 12.8 Å². The van der Waals surface area contributed by atoms with Crippen LogP contribution in [0.2, 0.25) is 0 Å². The molecule has 1 N–H and O–H groups in total. The van der Waals surface area contributed by atoms with E-state index in [4.69, 9.17) is 9.47 Å². The van der Waals surface area contributed by atoms with Gasteiger partial charge in [-0.3, -0.25) is 24.1 Å². The quantitative estimate of drug-likeness (QED) is 0.498. The molecule has 0 atom stereocenters. The number of methoxy groups -OCH3 is 1. The molecule has 0 spiro atoms. The number of carbonyl (C=O) groups is 4. The molecule has 0 aromatic heterocycles. The first-order valence-electron chi connectivity index (χ1n) is 9.50. The second-order valence-electron chi connectivity index (χ2n) is 6.67. The monoisotopic (exact) mass is 410 g/mol. The van der Waals surface area contributed by atoms with Gasteiger partial charge in [-0.25, -0.2) is 0 Å². The van der Waals surface area contributed by atoms with Crippen molar-refractivity contribution in [2.75, 3.05) is 26.8 Å². The minimum Gasteiger partial charge on any atom is -0.497 e. The predicted molar refractivity (Wildman–Crippen MR) is 107 cm³/mol. The molecule has 0 bridgehead atoms. The van der Waals surface area contributed by atoms with Gasteiger partial charge in [0.2, 0.25) is 0 Å². The summed E-state index contributed by atoms with van der Waals surface area (Å²) in [5, 5.41) is 2.67. The van der Waals surface area contributed by atoms with Crippen LogP contribution in [0.25, 0.3) is 0 Å². The molecule has 1 aliphatic rings. The van der Waals surface area contributed by atoms with Crippen molar-refractivity contribution < 1.29 is 28.7 Å². The van der Waals surface area contributed by atoms with Crippen LogP contribution in [0, 0.1) is 0 Å². The summed E-state index contributed by atoms with van der Waals surface area (Å²) >= 11 is 0. The Kier molecular flexibility index (Phi) is 6.79. The molecule has 2 aromatic carbocycles. The number of carbonyl (C=O) groups excluding carboxylic acids is 4. The maximum atomic E-state index is 12.2. The lowest BCUT2D eigenvalue weighted by molar-refractivity contribution is -0.148. The fourth-order valence-electron chi connectivity index (χ4n) is 3.05. The number of hydrogen-bond acceptors (Lipinski definition) is 6. The van der Waals surface area contributed by atoms with Crippen molar-refractivity contribution in [1.82, 2.24) is 10.2 Å². The third kappa shape index (κ3) is 5.02. The summed E-state index contributed by atoms with van der Waals surface area (Å²) in [6.07, 6.45) is 0.452. The topological polar surface area (TPSA) is 102 Å². The Morgan fingerprint density at radius 3 is 2.20 bits per heavy atom. The van der Waals surface area contributed by atoms with Crippen LogP contribution in [0.15, 0.2) is 48.5 Å². The number of nitrogens with one attached hydrogen (secondary N) is 1. The molecule has 0 radical (unpaired) electrons. The summed E-state index contributed by atoms with van der Waals surface area (Å²) in [6, 6.07) is 14.0. The van der Waals surface area contributed by atoms with Crippen molar-refractivity contribution in [3.05, 3.63) is 65.2 Å². The zero-order valence-electron chi connectivity index (χ0n) is 16.6. The van der Waals surface area contributed by atoms with E-state index in [1.165, 1.54) is 0 Å². The second kappa shape index (κ2) is 9.69. The minimum atomic E-state index is -0.656. The highest BCUT2D eigenvalue weighted by molar-refractivity contribution is 6.21. The molecule has 3 rings (SSSR count). The normalized spacial score (nSPS) is 12.5. The molecule has 30 heavy (non-hydrogen) atoms. The van der Waals surface area contributed by atoms with Gasteiger partial charge in [-0.1, -0.05) is 24.3 Å². The smallest absolute Gasteiger partial charge is 0.308 e. The number of hydrogen-bond donors (Lipinski definition) is 1. The van der Waals surface area contributed by atoms with Crippen LogP contribution in [0.4, 0.5) is 0 Å². The van der Waals surface area contributed by atoms with E-state index < -0.39 is 30.3 Å². The number of benzene rings is 2. The first-order chi connectivity index (χ1) is 14.5. The summed E-state index contributed by atoms with van der Waals surface area (Å²) in [7, 11) is 1.59. The van der Waals surface area contributed by atoms with Gasteiger partial charge in [0.25, 0.3) is 17.7 Å². The molecule has 0 unspecified atom stereocenters. The Labute approximate surface area is 173 Å². The van der Waals surface area contributed by atoms with Gasteiger partial charge >= 0.3 is 5.97 Å². The SMILES string of the molecule is COc1ccc(CCNC(=O)COC(=O)CCN2C(=O)c3ccccc3C2=O)cc1. The van der Waals surface area contributed by atoms with E-state index in [1.54, 1.807) is 31.4 Å². The van der Waals surface area contributed by atoms with Crippen LogP contribution in [-0.4, -0.2) is 55.4 Å². The van der Waals surface area contributed by atoms with Crippen LogP contribution in [-0.2, 0) is 20.7 Å². The molecule has 8 heteroatoms. The molecule has 0 saturated carbocycles. The zero-order chi connectivity index (χ0) is 21.5. The van der Waals surface area contributed by atoms with Crippen LogP contribution >= 0.6 is 0 Å². The van der Waals surface area contributed by atoms with Gasteiger partial charge in [0.15, 0.2) is 6.61 Å². The largest absolute Gasteiger partial charge is 0.497 e. The molecule has 3 amide bonds. The summed E-state index contributed by atoms with van der Waals surface area (Å²) in [4.78, 5) is 49.2. The molecular formula is C22H22N2O6. The predicted octanol–water partition coefficient (Wildman–Crippen LogP) is 1.58. The van der Waals surface area contributed by atoms with E-state index in [0.29, 0.717) is 24.1 Å². The van der Waals surface area contributed by atoms with Crippen LogP contribution < -0.4 is 10.1 Å². The van der Waals surface area contributed by atoms with Crippen LogP contribution in [0.3, 0.4) is 0 Å². The number of ether oxygens (including phenoxy) is 2. The summed E-state index contributed by atoms with van der Waals surface area (Å²) < 4.78 is 10.0.